The molecule has 1 aromatic carbocycles. The van der Waals surface area contributed by atoms with Gasteiger partial charge in [-0.25, -0.2) is 4.79 Å². The molecule has 2 aromatic rings. The van der Waals surface area contributed by atoms with Gasteiger partial charge in [-0.15, -0.1) is 10.2 Å². The van der Waals surface area contributed by atoms with Gasteiger partial charge in [0.25, 0.3) is 5.89 Å². The van der Waals surface area contributed by atoms with Crippen LogP contribution in [0.5, 0.6) is 0 Å². The van der Waals surface area contributed by atoms with Crippen LogP contribution in [0.2, 0.25) is 0 Å². The van der Waals surface area contributed by atoms with E-state index in [-0.39, 0.29) is 23.6 Å². The summed E-state index contributed by atoms with van der Waals surface area (Å²) in [5.41, 5.74) is 0.756. The quantitative estimate of drug-likeness (QED) is 0.370. The first-order valence-electron chi connectivity index (χ1n) is 11.0. The zero-order valence-electron chi connectivity index (χ0n) is 18.4. The van der Waals surface area contributed by atoms with Crippen molar-refractivity contribution in [2.75, 3.05) is 0 Å². The van der Waals surface area contributed by atoms with E-state index >= 15 is 0 Å². The third-order valence-corrected chi connectivity index (χ3v) is 5.92. The van der Waals surface area contributed by atoms with Crippen molar-refractivity contribution in [1.82, 2.24) is 15.1 Å². The smallest absolute Gasteiger partial charge is 0.330 e. The van der Waals surface area contributed by atoms with Crippen LogP contribution in [0.3, 0.4) is 0 Å². The van der Waals surface area contributed by atoms with Gasteiger partial charge < -0.3 is 9.15 Å². The van der Waals surface area contributed by atoms with Gasteiger partial charge in [0.05, 0.1) is 11.8 Å². The molecule has 1 fully saturated rings. The SMILES string of the molecule is CC(C)CC(C(=O)OC(C)c1nnc(-c2ccccc2)o1)N1C(=O)C2CC=CCC2C1=O. The molecule has 4 atom stereocenters. The standard InChI is InChI=1S/C24H27N3O5/c1-14(2)13-19(27-22(28)17-11-7-8-12-18(17)23(27)29)24(30)31-15(3)20-25-26-21(32-20)16-9-5-4-6-10-16/h4-10,14-15,17-19H,11-13H2,1-3H3. The van der Waals surface area contributed by atoms with Gasteiger partial charge in [-0.2, -0.15) is 0 Å². The number of likely N-dealkylation sites (tertiary alicyclic amines) is 1. The topological polar surface area (TPSA) is 103 Å². The number of hydrogen-bond donors (Lipinski definition) is 0. The lowest BCUT2D eigenvalue weighted by Gasteiger charge is -2.27. The summed E-state index contributed by atoms with van der Waals surface area (Å²) < 4.78 is 11.3. The zero-order valence-corrected chi connectivity index (χ0v) is 18.4. The van der Waals surface area contributed by atoms with Crippen LogP contribution < -0.4 is 0 Å². The third-order valence-electron chi connectivity index (χ3n) is 5.92. The van der Waals surface area contributed by atoms with E-state index in [4.69, 9.17) is 9.15 Å². The average Bonchev–Trinajstić information content (AvgIpc) is 3.37. The lowest BCUT2D eigenvalue weighted by Crippen LogP contribution is -2.47. The molecule has 0 N–H and O–H groups in total. The minimum Gasteiger partial charge on any atom is -0.451 e. The molecule has 32 heavy (non-hydrogen) atoms. The maximum Gasteiger partial charge on any atom is 0.330 e. The van der Waals surface area contributed by atoms with Gasteiger partial charge in [-0.3, -0.25) is 14.5 Å². The molecule has 2 amide bonds. The normalized spacial score (nSPS) is 22.2. The summed E-state index contributed by atoms with van der Waals surface area (Å²) in [6.07, 6.45) is 4.40. The van der Waals surface area contributed by atoms with E-state index in [1.807, 2.05) is 56.3 Å². The summed E-state index contributed by atoms with van der Waals surface area (Å²) in [7, 11) is 0. The number of hydrogen-bond acceptors (Lipinski definition) is 7. The van der Waals surface area contributed by atoms with Crippen molar-refractivity contribution in [3.63, 3.8) is 0 Å². The largest absolute Gasteiger partial charge is 0.451 e. The highest BCUT2D eigenvalue weighted by atomic mass is 16.6. The van der Waals surface area contributed by atoms with Crippen LogP contribution in [0.25, 0.3) is 11.5 Å². The lowest BCUT2D eigenvalue weighted by molar-refractivity contribution is -0.163. The number of benzene rings is 1. The first kappa shape index (κ1) is 21.9. The van der Waals surface area contributed by atoms with Gasteiger partial charge >= 0.3 is 5.97 Å². The highest BCUT2D eigenvalue weighted by Crippen LogP contribution is 2.37. The Balaban J connectivity index is 1.51. The minimum absolute atomic E-state index is 0.0808. The van der Waals surface area contributed by atoms with Crippen LogP contribution in [0.1, 0.15) is 52.0 Å². The minimum atomic E-state index is -0.973. The van der Waals surface area contributed by atoms with Crippen LogP contribution in [-0.4, -0.2) is 38.9 Å². The van der Waals surface area contributed by atoms with Gasteiger partial charge in [0.2, 0.25) is 17.7 Å². The Morgan fingerprint density at radius 2 is 1.69 bits per heavy atom. The summed E-state index contributed by atoms with van der Waals surface area (Å²) in [6, 6.07) is 8.30. The van der Waals surface area contributed by atoms with Crippen molar-refractivity contribution in [3.8, 4) is 11.5 Å². The van der Waals surface area contributed by atoms with Gasteiger partial charge in [-0.1, -0.05) is 44.2 Å². The maximum atomic E-state index is 13.1. The number of ether oxygens (including phenoxy) is 1. The monoisotopic (exact) mass is 437 g/mol. The summed E-state index contributed by atoms with van der Waals surface area (Å²) in [5.74, 6) is -1.45. The van der Waals surface area contributed by atoms with E-state index in [0.717, 1.165) is 10.5 Å². The second-order valence-corrected chi connectivity index (χ2v) is 8.74. The molecule has 1 saturated heterocycles. The van der Waals surface area contributed by atoms with Crippen molar-refractivity contribution >= 4 is 17.8 Å². The van der Waals surface area contributed by atoms with Gasteiger partial charge in [-0.05, 0) is 44.2 Å². The molecule has 168 valence electrons. The van der Waals surface area contributed by atoms with Crippen molar-refractivity contribution in [3.05, 3.63) is 48.4 Å². The van der Waals surface area contributed by atoms with Crippen molar-refractivity contribution in [1.29, 1.82) is 0 Å². The predicted molar refractivity (Wildman–Crippen MR) is 115 cm³/mol. The van der Waals surface area contributed by atoms with Crippen molar-refractivity contribution in [2.24, 2.45) is 17.8 Å². The van der Waals surface area contributed by atoms with E-state index in [9.17, 15) is 14.4 Å². The van der Waals surface area contributed by atoms with Crippen LogP contribution in [0, 0.1) is 17.8 Å². The number of amides is 2. The molecule has 0 spiro atoms. The number of rotatable bonds is 7. The predicted octanol–water partition coefficient (Wildman–Crippen LogP) is 3.71. The van der Waals surface area contributed by atoms with Crippen LogP contribution in [0.15, 0.2) is 46.9 Å². The number of carbonyl (C=O) groups excluding carboxylic acids is 3. The Hall–Kier alpha value is -3.29. The Bertz CT molecular complexity index is 1000. The molecule has 4 rings (SSSR count). The van der Waals surface area contributed by atoms with Gasteiger partial charge in [0, 0.05) is 5.56 Å². The number of fused-ring (bicyclic) bond motifs is 1. The van der Waals surface area contributed by atoms with Gasteiger partial charge in [0.1, 0.15) is 6.04 Å². The van der Waals surface area contributed by atoms with E-state index in [1.54, 1.807) is 6.92 Å². The second kappa shape index (κ2) is 9.06. The van der Waals surface area contributed by atoms with E-state index in [1.165, 1.54) is 0 Å². The maximum absolute atomic E-state index is 13.1. The number of carbonyl (C=O) groups is 3. The van der Waals surface area contributed by atoms with Crippen molar-refractivity contribution in [2.45, 2.75) is 52.2 Å². The molecule has 8 nitrogen and oxygen atoms in total. The van der Waals surface area contributed by atoms with Crippen LogP contribution in [-0.2, 0) is 19.1 Å². The molecule has 8 heteroatoms. The Morgan fingerprint density at radius 3 is 2.28 bits per heavy atom. The van der Waals surface area contributed by atoms with E-state index in [0.29, 0.717) is 25.2 Å². The molecule has 1 aliphatic carbocycles. The zero-order chi connectivity index (χ0) is 22.8. The summed E-state index contributed by atoms with van der Waals surface area (Å²) in [6.45, 7) is 5.50. The fraction of sp³-hybridized carbons (Fsp3) is 0.458. The highest BCUT2D eigenvalue weighted by molar-refractivity contribution is 6.08. The molecule has 0 bridgehead atoms. The summed E-state index contributed by atoms with van der Waals surface area (Å²) in [5, 5.41) is 8.03. The number of nitrogens with zero attached hydrogens (tertiary/aromatic N) is 3. The average molecular weight is 437 g/mol. The molecule has 2 aliphatic rings. The Labute approximate surface area is 186 Å². The molecule has 1 aromatic heterocycles. The van der Waals surface area contributed by atoms with E-state index < -0.39 is 30.0 Å². The van der Waals surface area contributed by atoms with Crippen LogP contribution >= 0.6 is 0 Å². The first-order valence-corrected chi connectivity index (χ1v) is 11.0. The fourth-order valence-corrected chi connectivity index (χ4v) is 4.29. The van der Waals surface area contributed by atoms with E-state index in [2.05, 4.69) is 10.2 Å². The summed E-state index contributed by atoms with van der Waals surface area (Å²) in [4.78, 5) is 40.3. The molecule has 0 radical (unpaired) electrons. The number of esters is 1. The number of aromatic nitrogens is 2. The highest BCUT2D eigenvalue weighted by Gasteiger charge is 2.51. The molecular weight excluding hydrogens is 410 g/mol. The fourth-order valence-electron chi connectivity index (χ4n) is 4.29. The van der Waals surface area contributed by atoms with Crippen LogP contribution in [0.4, 0.5) is 0 Å². The molecular formula is C24H27N3O5. The number of imide groups is 1. The molecule has 4 unspecified atom stereocenters. The first-order chi connectivity index (χ1) is 15.4. The molecule has 2 heterocycles. The van der Waals surface area contributed by atoms with Crippen molar-refractivity contribution < 1.29 is 23.5 Å². The summed E-state index contributed by atoms with van der Waals surface area (Å²) >= 11 is 0. The lowest BCUT2D eigenvalue weighted by atomic mass is 9.85. The number of allylic oxidation sites excluding steroid dienone is 2. The molecule has 1 aliphatic heterocycles. The third kappa shape index (κ3) is 4.22. The second-order valence-electron chi connectivity index (χ2n) is 8.74. The Morgan fingerprint density at radius 1 is 1.06 bits per heavy atom. The Kier molecular flexibility index (Phi) is 6.21. The molecule has 0 saturated carbocycles. The van der Waals surface area contributed by atoms with Gasteiger partial charge in [0.15, 0.2) is 6.10 Å².